The topological polar surface area (TPSA) is 103 Å². The number of carbonyl (C=O) groups excluding carboxylic acids is 2. The van der Waals surface area contributed by atoms with Gasteiger partial charge in [0.1, 0.15) is 17.6 Å². The highest BCUT2D eigenvalue weighted by molar-refractivity contribution is 7.98. The molecule has 0 aliphatic rings. The summed E-state index contributed by atoms with van der Waals surface area (Å²) in [5.41, 5.74) is 0.0516. The highest BCUT2D eigenvalue weighted by Crippen LogP contribution is 2.08. The predicted molar refractivity (Wildman–Crippen MR) is 95.5 cm³/mol. The Balaban J connectivity index is 2.22. The summed E-state index contributed by atoms with van der Waals surface area (Å²) < 4.78 is 5.73. The van der Waals surface area contributed by atoms with E-state index in [0.29, 0.717) is 23.1 Å². The Kier molecular flexibility index (Phi) is 6.51. The van der Waals surface area contributed by atoms with Crippen molar-refractivity contribution in [2.45, 2.75) is 25.4 Å². The highest BCUT2D eigenvalue weighted by Gasteiger charge is 2.26. The number of fused-ring (bicyclic) bond motifs is 1. The molecule has 1 N–H and O–H groups in total. The van der Waals surface area contributed by atoms with E-state index in [1.165, 1.54) is 14.0 Å². The molecule has 25 heavy (non-hydrogen) atoms. The van der Waals surface area contributed by atoms with E-state index < -0.39 is 29.5 Å². The lowest BCUT2D eigenvalue weighted by atomic mass is 10.2. The first kappa shape index (κ1) is 18.9. The summed E-state index contributed by atoms with van der Waals surface area (Å²) in [6, 6.07) is 5.10. The van der Waals surface area contributed by atoms with Gasteiger partial charge in [-0.05, 0) is 37.5 Å². The van der Waals surface area contributed by atoms with Gasteiger partial charge in [-0.1, -0.05) is 17.3 Å². The van der Waals surface area contributed by atoms with Crippen LogP contribution in [-0.2, 0) is 14.3 Å². The maximum atomic E-state index is 12.5. The number of esters is 1. The zero-order chi connectivity index (χ0) is 18.4. The normalized spacial score (nSPS) is 13.2. The van der Waals surface area contributed by atoms with Gasteiger partial charge in [-0.25, -0.2) is 4.79 Å². The van der Waals surface area contributed by atoms with Crippen LogP contribution in [0.3, 0.4) is 0 Å². The molecule has 8 nitrogen and oxygen atoms in total. The van der Waals surface area contributed by atoms with Crippen LogP contribution in [0.5, 0.6) is 0 Å². The van der Waals surface area contributed by atoms with E-state index in [9.17, 15) is 14.4 Å². The monoisotopic (exact) mass is 364 g/mol. The molecular weight excluding hydrogens is 344 g/mol. The second-order valence-corrected chi connectivity index (χ2v) is 6.38. The van der Waals surface area contributed by atoms with E-state index in [2.05, 4.69) is 15.6 Å². The fraction of sp³-hybridized carbons (Fsp3) is 0.438. The molecule has 1 aromatic carbocycles. The van der Waals surface area contributed by atoms with Crippen molar-refractivity contribution in [3.8, 4) is 0 Å². The number of aromatic nitrogens is 3. The van der Waals surface area contributed by atoms with E-state index in [1.54, 1.807) is 36.0 Å². The average Bonchev–Trinajstić information content (AvgIpc) is 2.64. The first-order chi connectivity index (χ1) is 12.0. The molecule has 1 aromatic heterocycles. The van der Waals surface area contributed by atoms with Gasteiger partial charge in [0.2, 0.25) is 5.91 Å². The molecule has 134 valence electrons. The standard InChI is InChI=1S/C16H20N4O4S/c1-10(14(21)17-13(8-9-25-3)16(23)24-2)20-15(22)11-6-4-5-7-12(11)18-19-20/h4-7,10,13H,8-9H2,1-3H3,(H,17,21)/t10-,13-/m1/s1. The Morgan fingerprint density at radius 3 is 2.76 bits per heavy atom. The summed E-state index contributed by atoms with van der Waals surface area (Å²) in [5.74, 6) is -0.334. The van der Waals surface area contributed by atoms with Crippen LogP contribution in [0.4, 0.5) is 0 Å². The summed E-state index contributed by atoms with van der Waals surface area (Å²) in [4.78, 5) is 36.8. The van der Waals surface area contributed by atoms with Crippen molar-refractivity contribution in [3.63, 3.8) is 0 Å². The average molecular weight is 364 g/mol. The fourth-order valence-electron chi connectivity index (χ4n) is 2.29. The maximum absolute atomic E-state index is 12.5. The smallest absolute Gasteiger partial charge is 0.328 e. The molecule has 0 unspecified atom stereocenters. The van der Waals surface area contributed by atoms with Crippen molar-refractivity contribution in [1.82, 2.24) is 20.3 Å². The van der Waals surface area contributed by atoms with Gasteiger partial charge in [0.15, 0.2) is 0 Å². The van der Waals surface area contributed by atoms with Crippen molar-refractivity contribution >= 4 is 34.5 Å². The summed E-state index contributed by atoms with van der Waals surface area (Å²) in [6.45, 7) is 1.53. The Labute approximate surface area is 148 Å². The van der Waals surface area contributed by atoms with Crippen LogP contribution in [0.25, 0.3) is 10.9 Å². The van der Waals surface area contributed by atoms with E-state index in [0.717, 1.165) is 4.68 Å². The zero-order valence-corrected chi connectivity index (χ0v) is 15.1. The summed E-state index contributed by atoms with van der Waals surface area (Å²) in [7, 11) is 1.27. The molecule has 2 atom stereocenters. The second kappa shape index (κ2) is 8.61. The Bertz CT molecular complexity index is 823. The minimum absolute atomic E-state index is 0.379. The molecule has 2 rings (SSSR count). The maximum Gasteiger partial charge on any atom is 0.328 e. The van der Waals surface area contributed by atoms with Crippen LogP contribution < -0.4 is 10.9 Å². The number of hydrogen-bond donors (Lipinski definition) is 1. The number of hydrogen-bond acceptors (Lipinski definition) is 7. The lowest BCUT2D eigenvalue weighted by molar-refractivity contribution is -0.145. The zero-order valence-electron chi connectivity index (χ0n) is 14.3. The van der Waals surface area contributed by atoms with E-state index >= 15 is 0 Å². The lowest BCUT2D eigenvalue weighted by Gasteiger charge is -2.19. The molecule has 0 spiro atoms. The van der Waals surface area contributed by atoms with Crippen molar-refractivity contribution in [3.05, 3.63) is 34.6 Å². The van der Waals surface area contributed by atoms with Crippen LogP contribution in [0.2, 0.25) is 0 Å². The van der Waals surface area contributed by atoms with Crippen molar-refractivity contribution in [2.75, 3.05) is 19.1 Å². The van der Waals surface area contributed by atoms with Crippen LogP contribution in [0.15, 0.2) is 29.1 Å². The predicted octanol–water partition coefficient (Wildman–Crippen LogP) is 0.763. The van der Waals surface area contributed by atoms with E-state index in [-0.39, 0.29) is 0 Å². The number of methoxy groups -OCH3 is 1. The molecule has 2 aromatic rings. The Morgan fingerprint density at radius 2 is 2.08 bits per heavy atom. The molecule has 0 saturated carbocycles. The number of nitrogens with zero attached hydrogens (tertiary/aromatic N) is 3. The summed E-state index contributed by atoms with van der Waals surface area (Å²) >= 11 is 1.56. The molecular formula is C16H20N4O4S. The van der Waals surface area contributed by atoms with Gasteiger partial charge in [0.05, 0.1) is 12.5 Å². The molecule has 0 aliphatic heterocycles. The molecule has 9 heteroatoms. The minimum Gasteiger partial charge on any atom is -0.467 e. The van der Waals surface area contributed by atoms with Crippen LogP contribution in [0.1, 0.15) is 19.4 Å². The third kappa shape index (κ3) is 4.36. The van der Waals surface area contributed by atoms with Gasteiger partial charge < -0.3 is 10.1 Å². The molecule has 1 heterocycles. The number of carbonyl (C=O) groups is 2. The molecule has 0 saturated heterocycles. The minimum atomic E-state index is -0.911. The molecule has 0 aliphatic carbocycles. The van der Waals surface area contributed by atoms with Crippen molar-refractivity contribution < 1.29 is 14.3 Å². The van der Waals surface area contributed by atoms with Crippen LogP contribution in [-0.4, -0.2) is 52.0 Å². The first-order valence-electron chi connectivity index (χ1n) is 7.71. The number of ether oxygens (including phenoxy) is 1. The fourth-order valence-corrected chi connectivity index (χ4v) is 2.76. The highest BCUT2D eigenvalue weighted by atomic mass is 32.2. The second-order valence-electron chi connectivity index (χ2n) is 5.40. The first-order valence-corrected chi connectivity index (χ1v) is 9.10. The van der Waals surface area contributed by atoms with Gasteiger partial charge in [0, 0.05) is 0 Å². The quantitative estimate of drug-likeness (QED) is 0.724. The number of benzene rings is 1. The van der Waals surface area contributed by atoms with Crippen LogP contribution >= 0.6 is 11.8 Å². The number of nitrogens with one attached hydrogen (secondary N) is 1. The van der Waals surface area contributed by atoms with Crippen molar-refractivity contribution in [1.29, 1.82) is 0 Å². The van der Waals surface area contributed by atoms with E-state index in [4.69, 9.17) is 4.74 Å². The molecule has 0 bridgehead atoms. The number of thioether (sulfide) groups is 1. The third-order valence-corrected chi connectivity index (χ3v) is 4.39. The van der Waals surface area contributed by atoms with E-state index in [1.807, 2.05) is 6.26 Å². The van der Waals surface area contributed by atoms with Gasteiger partial charge in [-0.15, -0.1) is 5.10 Å². The number of rotatable bonds is 7. The molecule has 1 amide bonds. The summed E-state index contributed by atoms with van der Waals surface area (Å²) in [6.07, 6.45) is 2.34. The van der Waals surface area contributed by atoms with Crippen molar-refractivity contribution in [2.24, 2.45) is 0 Å². The lowest BCUT2D eigenvalue weighted by Crippen LogP contribution is -2.46. The van der Waals surface area contributed by atoms with Gasteiger partial charge in [0.25, 0.3) is 5.56 Å². The van der Waals surface area contributed by atoms with Gasteiger partial charge in [-0.3, -0.25) is 9.59 Å². The Hall–Kier alpha value is -2.42. The molecule has 0 radical (unpaired) electrons. The van der Waals surface area contributed by atoms with Gasteiger partial charge >= 0.3 is 5.97 Å². The molecule has 0 fully saturated rings. The third-order valence-electron chi connectivity index (χ3n) is 3.75. The SMILES string of the molecule is COC(=O)[C@@H](CCSC)NC(=O)[C@@H](C)n1nnc2ccccc2c1=O. The van der Waals surface area contributed by atoms with Crippen LogP contribution in [0, 0.1) is 0 Å². The van der Waals surface area contributed by atoms with Gasteiger partial charge in [-0.2, -0.15) is 16.4 Å². The summed E-state index contributed by atoms with van der Waals surface area (Å²) in [5, 5.41) is 10.8. The Morgan fingerprint density at radius 1 is 1.36 bits per heavy atom. The largest absolute Gasteiger partial charge is 0.467 e. The number of amides is 1.